The summed E-state index contributed by atoms with van der Waals surface area (Å²) >= 11 is 6.64. The van der Waals surface area contributed by atoms with E-state index < -0.39 is 10.0 Å². The molecule has 2 heterocycles. The summed E-state index contributed by atoms with van der Waals surface area (Å²) in [6, 6.07) is 19.5. The maximum absolute atomic E-state index is 12.8. The summed E-state index contributed by atoms with van der Waals surface area (Å²) in [7, 11) is -3.75. The normalized spacial score (nSPS) is 15.8. The minimum atomic E-state index is -3.75. The molecule has 1 aromatic heterocycles. The third-order valence-corrected chi connectivity index (χ3v) is 7.02. The maximum Gasteiger partial charge on any atom is 0.266 e. The predicted molar refractivity (Wildman–Crippen MR) is 126 cm³/mol. The first kappa shape index (κ1) is 21.5. The molecule has 6 nitrogen and oxygen atoms in total. The van der Waals surface area contributed by atoms with Crippen molar-refractivity contribution in [2.24, 2.45) is 5.14 Å². The van der Waals surface area contributed by atoms with Gasteiger partial charge < -0.3 is 4.42 Å². The first-order valence-corrected chi connectivity index (χ1v) is 12.1. The van der Waals surface area contributed by atoms with Crippen molar-refractivity contribution in [2.75, 3.05) is 6.54 Å². The lowest BCUT2D eigenvalue weighted by Crippen LogP contribution is -2.30. The Balaban J connectivity index is 1.47. The number of thiocarbonyl (C=S) groups is 1. The van der Waals surface area contributed by atoms with Crippen LogP contribution in [0.3, 0.4) is 0 Å². The summed E-state index contributed by atoms with van der Waals surface area (Å²) in [5, 5.41) is 5.12. The lowest BCUT2D eigenvalue weighted by atomic mass is 10.1. The Morgan fingerprint density at radius 3 is 2.42 bits per heavy atom. The smallest absolute Gasteiger partial charge is 0.266 e. The summed E-state index contributed by atoms with van der Waals surface area (Å²) < 4.78 is 29.1. The highest BCUT2D eigenvalue weighted by Crippen LogP contribution is 2.33. The van der Waals surface area contributed by atoms with Gasteiger partial charge in [-0.15, -0.1) is 0 Å². The van der Waals surface area contributed by atoms with Crippen molar-refractivity contribution in [3.8, 4) is 11.3 Å². The quantitative estimate of drug-likeness (QED) is 0.432. The van der Waals surface area contributed by atoms with Gasteiger partial charge >= 0.3 is 0 Å². The molecule has 1 aliphatic heterocycles. The van der Waals surface area contributed by atoms with Crippen molar-refractivity contribution in [1.82, 2.24) is 4.90 Å². The molecule has 2 aromatic carbocycles. The van der Waals surface area contributed by atoms with E-state index in [1.165, 1.54) is 23.9 Å². The van der Waals surface area contributed by atoms with E-state index in [1.807, 2.05) is 30.3 Å². The van der Waals surface area contributed by atoms with Gasteiger partial charge in [0.05, 0.1) is 9.80 Å². The SMILES string of the molecule is NS(=O)(=O)c1ccc(-c2ccc(C=C3SC(=S)N(CCc4ccccc4)C3=O)o2)cc1. The van der Waals surface area contributed by atoms with E-state index in [4.69, 9.17) is 21.8 Å². The highest BCUT2D eigenvalue weighted by molar-refractivity contribution is 8.26. The molecule has 0 saturated carbocycles. The Morgan fingerprint density at radius 2 is 1.74 bits per heavy atom. The molecule has 0 bridgehead atoms. The number of carbonyl (C=O) groups excluding carboxylic acids is 1. The molecular weight excluding hydrogens is 452 g/mol. The Kier molecular flexibility index (Phi) is 6.10. The number of nitrogens with zero attached hydrogens (tertiary/aromatic N) is 1. The zero-order valence-corrected chi connectivity index (χ0v) is 18.7. The Hall–Kier alpha value is -2.72. The van der Waals surface area contributed by atoms with Crippen LogP contribution in [0.1, 0.15) is 11.3 Å². The van der Waals surface area contributed by atoms with Crippen LogP contribution in [0.15, 0.2) is 80.9 Å². The maximum atomic E-state index is 12.8. The molecule has 0 unspecified atom stereocenters. The van der Waals surface area contributed by atoms with Crippen molar-refractivity contribution in [3.05, 3.63) is 83.0 Å². The van der Waals surface area contributed by atoms with Crippen molar-refractivity contribution < 1.29 is 17.6 Å². The molecule has 31 heavy (non-hydrogen) atoms. The van der Waals surface area contributed by atoms with Gasteiger partial charge in [0.2, 0.25) is 10.0 Å². The molecular formula is C22H18N2O4S3. The van der Waals surface area contributed by atoms with E-state index in [-0.39, 0.29) is 10.8 Å². The van der Waals surface area contributed by atoms with Gasteiger partial charge in [0.25, 0.3) is 5.91 Å². The molecule has 0 radical (unpaired) electrons. The van der Waals surface area contributed by atoms with E-state index in [1.54, 1.807) is 35.2 Å². The van der Waals surface area contributed by atoms with Gasteiger partial charge in [-0.3, -0.25) is 9.69 Å². The van der Waals surface area contributed by atoms with Crippen LogP contribution < -0.4 is 5.14 Å². The number of hydrogen-bond donors (Lipinski definition) is 1. The van der Waals surface area contributed by atoms with Gasteiger partial charge in [0, 0.05) is 18.2 Å². The summed E-state index contributed by atoms with van der Waals surface area (Å²) in [5.41, 5.74) is 1.84. The lowest BCUT2D eigenvalue weighted by Gasteiger charge is -2.14. The number of amides is 1. The zero-order chi connectivity index (χ0) is 22.0. The molecule has 1 amide bonds. The van der Waals surface area contributed by atoms with Crippen LogP contribution in [-0.4, -0.2) is 30.1 Å². The highest BCUT2D eigenvalue weighted by Gasteiger charge is 2.31. The number of carbonyl (C=O) groups is 1. The van der Waals surface area contributed by atoms with Crippen molar-refractivity contribution >= 4 is 50.3 Å². The molecule has 158 valence electrons. The molecule has 4 rings (SSSR count). The largest absolute Gasteiger partial charge is 0.457 e. The molecule has 9 heteroatoms. The van der Waals surface area contributed by atoms with Crippen LogP contribution in [0.2, 0.25) is 0 Å². The average Bonchev–Trinajstić information content (AvgIpc) is 3.32. The minimum Gasteiger partial charge on any atom is -0.457 e. The average molecular weight is 471 g/mol. The van der Waals surface area contributed by atoms with Crippen LogP contribution in [0.25, 0.3) is 17.4 Å². The fourth-order valence-corrected chi connectivity index (χ4v) is 4.91. The monoisotopic (exact) mass is 470 g/mol. The van der Waals surface area contributed by atoms with Gasteiger partial charge in [0.15, 0.2) is 0 Å². The number of primary sulfonamides is 1. The van der Waals surface area contributed by atoms with Gasteiger partial charge in [-0.1, -0.05) is 54.3 Å². The van der Waals surface area contributed by atoms with Crippen LogP contribution >= 0.6 is 24.0 Å². The lowest BCUT2D eigenvalue weighted by molar-refractivity contribution is -0.122. The van der Waals surface area contributed by atoms with E-state index in [9.17, 15) is 13.2 Å². The van der Waals surface area contributed by atoms with Crippen molar-refractivity contribution in [1.29, 1.82) is 0 Å². The topological polar surface area (TPSA) is 93.6 Å². The second-order valence-electron chi connectivity index (χ2n) is 6.84. The first-order chi connectivity index (χ1) is 14.8. The zero-order valence-electron chi connectivity index (χ0n) is 16.2. The van der Waals surface area contributed by atoms with Gasteiger partial charge in [-0.2, -0.15) is 0 Å². The van der Waals surface area contributed by atoms with Crippen LogP contribution in [-0.2, 0) is 21.2 Å². The second-order valence-corrected chi connectivity index (χ2v) is 10.1. The van der Waals surface area contributed by atoms with Crippen LogP contribution in [0, 0.1) is 0 Å². The van der Waals surface area contributed by atoms with Gasteiger partial charge in [-0.05, 0) is 48.4 Å². The fourth-order valence-electron chi connectivity index (χ4n) is 3.10. The first-order valence-electron chi connectivity index (χ1n) is 9.33. The number of benzene rings is 2. The second kappa shape index (κ2) is 8.80. The van der Waals surface area contributed by atoms with Crippen molar-refractivity contribution in [3.63, 3.8) is 0 Å². The van der Waals surface area contributed by atoms with Gasteiger partial charge in [-0.25, -0.2) is 13.6 Å². The van der Waals surface area contributed by atoms with E-state index >= 15 is 0 Å². The van der Waals surface area contributed by atoms with E-state index in [0.717, 1.165) is 12.0 Å². The Labute approximate surface area is 189 Å². The Bertz CT molecular complexity index is 1260. The minimum absolute atomic E-state index is 0.0298. The van der Waals surface area contributed by atoms with E-state index in [0.29, 0.717) is 32.9 Å². The predicted octanol–water partition coefficient (Wildman–Crippen LogP) is 4.04. The van der Waals surface area contributed by atoms with Crippen molar-refractivity contribution in [2.45, 2.75) is 11.3 Å². The Morgan fingerprint density at radius 1 is 1.03 bits per heavy atom. The molecule has 3 aromatic rings. The number of nitrogens with two attached hydrogens (primary N) is 1. The third-order valence-electron chi connectivity index (χ3n) is 4.71. The number of rotatable bonds is 6. The summed E-state index contributed by atoms with van der Waals surface area (Å²) in [5.74, 6) is 0.919. The number of hydrogen-bond acceptors (Lipinski definition) is 6. The molecule has 2 N–H and O–H groups in total. The number of furan rings is 1. The summed E-state index contributed by atoms with van der Waals surface area (Å²) in [6.07, 6.45) is 2.39. The standard InChI is InChI=1S/C22H18N2O4S3/c23-31(26,27)18-9-6-16(7-10-18)19-11-8-17(28-19)14-20-21(25)24(22(29)30-20)13-12-15-4-2-1-3-5-15/h1-11,14H,12-13H2,(H2,23,26,27). The summed E-state index contributed by atoms with van der Waals surface area (Å²) in [6.45, 7) is 0.520. The van der Waals surface area contributed by atoms with Crippen LogP contribution in [0.5, 0.6) is 0 Å². The van der Waals surface area contributed by atoms with Crippen LogP contribution in [0.4, 0.5) is 0 Å². The third kappa shape index (κ3) is 4.96. The number of sulfonamides is 1. The van der Waals surface area contributed by atoms with Gasteiger partial charge in [0.1, 0.15) is 15.8 Å². The molecule has 1 aliphatic rings. The highest BCUT2D eigenvalue weighted by atomic mass is 32.2. The van der Waals surface area contributed by atoms with E-state index in [2.05, 4.69) is 0 Å². The number of thioether (sulfide) groups is 1. The fraction of sp³-hybridized carbons (Fsp3) is 0.0909. The molecule has 1 saturated heterocycles. The molecule has 0 aliphatic carbocycles. The summed E-state index contributed by atoms with van der Waals surface area (Å²) in [4.78, 5) is 14.9. The molecule has 1 fully saturated rings. The molecule has 0 spiro atoms. The molecule has 0 atom stereocenters.